The average molecular weight is 262 g/mol. The van der Waals surface area contributed by atoms with E-state index in [-0.39, 0.29) is 18.5 Å². The van der Waals surface area contributed by atoms with E-state index in [1.54, 1.807) is 0 Å². The van der Waals surface area contributed by atoms with Crippen molar-refractivity contribution in [1.82, 2.24) is 4.98 Å². The lowest BCUT2D eigenvalue weighted by molar-refractivity contribution is -0.135. The summed E-state index contributed by atoms with van der Waals surface area (Å²) in [5, 5.41) is 11.6. The number of hydrogen-bond donors (Lipinski definition) is 2. The number of aromatic nitrogens is 1. The lowest BCUT2D eigenvalue weighted by Gasteiger charge is -2.09. The quantitative estimate of drug-likeness (QED) is 0.774. The van der Waals surface area contributed by atoms with Crippen LogP contribution >= 0.6 is 0 Å². The Balaban J connectivity index is 2.38. The predicted octanol–water partition coefficient (Wildman–Crippen LogP) is 2.92. The topological polar surface area (TPSA) is 62.2 Å². The van der Waals surface area contributed by atoms with E-state index in [4.69, 9.17) is 5.11 Å². The molecule has 0 spiro atoms. The van der Waals surface area contributed by atoms with Gasteiger partial charge in [0, 0.05) is 19.2 Å². The summed E-state index contributed by atoms with van der Waals surface area (Å²) in [5.41, 5.74) is 0.373. The molecule has 1 aromatic rings. The van der Waals surface area contributed by atoms with Crippen LogP contribution in [0.5, 0.6) is 0 Å². The van der Waals surface area contributed by atoms with E-state index < -0.39 is 18.6 Å². The molecule has 7 heteroatoms. The molecule has 4 nitrogen and oxygen atoms in total. The van der Waals surface area contributed by atoms with Gasteiger partial charge < -0.3 is 10.4 Å². The Hall–Kier alpha value is -1.79. The van der Waals surface area contributed by atoms with Crippen molar-refractivity contribution >= 4 is 11.7 Å². The fourth-order valence-corrected chi connectivity index (χ4v) is 1.40. The van der Waals surface area contributed by atoms with Gasteiger partial charge in [0.05, 0.1) is 17.4 Å². The number of halogens is 3. The van der Waals surface area contributed by atoms with Crippen molar-refractivity contribution < 1.29 is 23.1 Å². The molecule has 18 heavy (non-hydrogen) atoms. The number of anilines is 1. The fourth-order valence-electron chi connectivity index (χ4n) is 1.40. The highest BCUT2D eigenvalue weighted by Crippen LogP contribution is 2.22. The molecular weight excluding hydrogens is 249 g/mol. The first kappa shape index (κ1) is 14.3. The molecule has 0 aliphatic heterocycles. The van der Waals surface area contributed by atoms with Crippen molar-refractivity contribution in [1.29, 1.82) is 0 Å². The van der Waals surface area contributed by atoms with Crippen molar-refractivity contribution in [3.8, 4) is 0 Å². The Morgan fingerprint density at radius 1 is 1.39 bits per heavy atom. The summed E-state index contributed by atoms with van der Waals surface area (Å²) in [6, 6.07) is 1.33. The van der Waals surface area contributed by atoms with E-state index in [0.717, 1.165) is 0 Å². The van der Waals surface area contributed by atoms with Crippen LogP contribution in [0.2, 0.25) is 0 Å². The molecule has 100 valence electrons. The van der Waals surface area contributed by atoms with E-state index >= 15 is 0 Å². The Morgan fingerprint density at radius 2 is 2.11 bits per heavy atom. The molecule has 0 fully saturated rings. The third-order valence-corrected chi connectivity index (χ3v) is 2.25. The van der Waals surface area contributed by atoms with Crippen molar-refractivity contribution in [3.63, 3.8) is 0 Å². The summed E-state index contributed by atoms with van der Waals surface area (Å²) in [6.07, 6.45) is -1.95. The SMILES string of the molecule is O=C(O)c1ccncc1NCCCCC(F)(F)F. The number of carboxylic acids is 1. The third-order valence-electron chi connectivity index (χ3n) is 2.25. The lowest BCUT2D eigenvalue weighted by Crippen LogP contribution is -2.10. The monoisotopic (exact) mass is 262 g/mol. The number of rotatable bonds is 6. The first-order valence-electron chi connectivity index (χ1n) is 5.38. The normalized spacial score (nSPS) is 11.3. The van der Waals surface area contributed by atoms with Crippen molar-refractivity contribution in [2.24, 2.45) is 0 Å². The minimum Gasteiger partial charge on any atom is -0.478 e. The molecule has 2 N–H and O–H groups in total. The Bertz CT molecular complexity index is 408. The zero-order valence-electron chi connectivity index (χ0n) is 9.50. The van der Waals surface area contributed by atoms with Gasteiger partial charge in [-0.15, -0.1) is 0 Å². The second kappa shape index (κ2) is 6.23. The van der Waals surface area contributed by atoms with Crippen LogP contribution in [-0.2, 0) is 0 Å². The largest absolute Gasteiger partial charge is 0.478 e. The second-order valence-corrected chi connectivity index (χ2v) is 3.73. The molecular formula is C11H13F3N2O2. The number of pyridine rings is 1. The minimum absolute atomic E-state index is 0.0131. The van der Waals surface area contributed by atoms with Gasteiger partial charge >= 0.3 is 12.1 Å². The molecule has 0 aromatic carbocycles. The molecule has 0 amide bonds. The van der Waals surface area contributed by atoms with Gasteiger partial charge in [0.15, 0.2) is 0 Å². The predicted molar refractivity (Wildman–Crippen MR) is 59.6 cm³/mol. The van der Waals surface area contributed by atoms with Crippen molar-refractivity contribution in [3.05, 3.63) is 24.0 Å². The second-order valence-electron chi connectivity index (χ2n) is 3.73. The highest BCUT2D eigenvalue weighted by Gasteiger charge is 2.25. The van der Waals surface area contributed by atoms with Crippen molar-refractivity contribution in [2.45, 2.75) is 25.4 Å². The lowest BCUT2D eigenvalue weighted by atomic mass is 10.2. The van der Waals surface area contributed by atoms with E-state index in [1.807, 2.05) is 0 Å². The summed E-state index contributed by atoms with van der Waals surface area (Å²) < 4.78 is 35.6. The number of nitrogens with zero attached hydrogens (tertiary/aromatic N) is 1. The minimum atomic E-state index is -4.14. The number of unbranched alkanes of at least 4 members (excludes halogenated alkanes) is 1. The van der Waals surface area contributed by atoms with Gasteiger partial charge in [0.1, 0.15) is 0 Å². The molecule has 0 aliphatic rings. The summed E-state index contributed by atoms with van der Waals surface area (Å²) in [4.78, 5) is 14.6. The molecule has 1 aromatic heterocycles. The Morgan fingerprint density at radius 3 is 2.72 bits per heavy atom. The molecule has 1 heterocycles. The van der Waals surface area contributed by atoms with Gasteiger partial charge in [0.2, 0.25) is 0 Å². The molecule has 0 bridgehead atoms. The maximum absolute atomic E-state index is 11.9. The first-order chi connectivity index (χ1) is 8.40. The number of alkyl halides is 3. The highest BCUT2D eigenvalue weighted by atomic mass is 19.4. The molecule has 0 aliphatic carbocycles. The molecule has 0 radical (unpaired) electrons. The summed E-state index contributed by atoms with van der Waals surface area (Å²) in [6.45, 7) is 0.280. The Labute approximate surface area is 102 Å². The smallest absolute Gasteiger partial charge is 0.389 e. The fraction of sp³-hybridized carbons (Fsp3) is 0.455. The standard InChI is InChI=1S/C11H13F3N2O2/c12-11(13,14)4-1-2-5-16-9-7-15-6-3-8(9)10(17)18/h3,6-7,16H,1-2,4-5H2,(H,17,18). The van der Waals surface area contributed by atoms with Crippen LogP contribution in [-0.4, -0.2) is 28.8 Å². The number of nitrogens with one attached hydrogen (secondary N) is 1. The van der Waals surface area contributed by atoms with Gasteiger partial charge in [-0.3, -0.25) is 4.98 Å². The van der Waals surface area contributed by atoms with Gasteiger partial charge in [-0.1, -0.05) is 0 Å². The number of carbonyl (C=O) groups is 1. The van der Waals surface area contributed by atoms with Gasteiger partial charge in [-0.2, -0.15) is 13.2 Å². The third kappa shape index (κ3) is 5.03. The maximum atomic E-state index is 11.9. The first-order valence-corrected chi connectivity index (χ1v) is 5.38. The van der Waals surface area contributed by atoms with Crippen LogP contribution in [0, 0.1) is 0 Å². The molecule has 0 saturated heterocycles. The number of aromatic carboxylic acids is 1. The van der Waals surface area contributed by atoms with Crippen LogP contribution in [0.25, 0.3) is 0 Å². The van der Waals surface area contributed by atoms with Gasteiger partial charge in [-0.05, 0) is 18.9 Å². The maximum Gasteiger partial charge on any atom is 0.389 e. The van der Waals surface area contributed by atoms with Crippen LogP contribution in [0.15, 0.2) is 18.5 Å². The zero-order chi connectivity index (χ0) is 13.6. The van der Waals surface area contributed by atoms with Crippen LogP contribution in [0.1, 0.15) is 29.6 Å². The molecule has 1 rings (SSSR count). The van der Waals surface area contributed by atoms with E-state index in [2.05, 4.69) is 10.3 Å². The van der Waals surface area contributed by atoms with E-state index in [1.165, 1.54) is 18.5 Å². The van der Waals surface area contributed by atoms with Crippen LogP contribution in [0.3, 0.4) is 0 Å². The van der Waals surface area contributed by atoms with Crippen molar-refractivity contribution in [2.75, 3.05) is 11.9 Å². The summed E-state index contributed by atoms with van der Waals surface area (Å²) in [7, 11) is 0. The van der Waals surface area contributed by atoms with E-state index in [9.17, 15) is 18.0 Å². The Kier molecular flexibility index (Phi) is 4.94. The number of carboxylic acid groups (broad SMARTS) is 1. The highest BCUT2D eigenvalue weighted by molar-refractivity contribution is 5.93. The van der Waals surface area contributed by atoms with E-state index in [0.29, 0.717) is 12.1 Å². The molecule has 0 unspecified atom stereocenters. The van der Waals surface area contributed by atoms with Gasteiger partial charge in [0.25, 0.3) is 0 Å². The van der Waals surface area contributed by atoms with Gasteiger partial charge in [-0.25, -0.2) is 4.79 Å². The zero-order valence-corrected chi connectivity index (χ0v) is 9.50. The summed E-state index contributed by atoms with van der Waals surface area (Å²) >= 11 is 0. The average Bonchev–Trinajstić information content (AvgIpc) is 2.27. The summed E-state index contributed by atoms with van der Waals surface area (Å²) in [5.74, 6) is -1.10. The van der Waals surface area contributed by atoms with Crippen LogP contribution < -0.4 is 5.32 Å². The molecule has 0 saturated carbocycles. The number of hydrogen-bond acceptors (Lipinski definition) is 3. The molecule has 0 atom stereocenters. The van der Waals surface area contributed by atoms with Crippen LogP contribution in [0.4, 0.5) is 18.9 Å².